The quantitative estimate of drug-likeness (QED) is 0.126. The van der Waals surface area contributed by atoms with Gasteiger partial charge in [-0.2, -0.15) is 18.8 Å². The minimum Gasteiger partial charge on any atom is -0.378 e. The highest BCUT2D eigenvalue weighted by molar-refractivity contribution is 15.0. The zero-order valence-electron chi connectivity index (χ0n) is 43.5. The van der Waals surface area contributed by atoms with E-state index in [1.165, 1.54) is 22.3 Å². The highest BCUT2D eigenvalue weighted by atomic mass is 128. The van der Waals surface area contributed by atoms with Crippen molar-refractivity contribution in [2.45, 2.75) is 38.6 Å². The van der Waals surface area contributed by atoms with Crippen molar-refractivity contribution in [2.24, 2.45) is 0 Å². The fourth-order valence-corrected chi connectivity index (χ4v) is 14.5. The highest BCUT2D eigenvalue weighted by Gasteiger charge is 2.28. The Balaban J connectivity index is 0.000000162. The summed E-state index contributed by atoms with van der Waals surface area (Å²) in [6.45, 7) is 13.1. The van der Waals surface area contributed by atoms with Gasteiger partial charge in [-0.1, -0.05) is 24.3 Å². The molecule has 0 radical (unpaired) electrons. The van der Waals surface area contributed by atoms with Crippen LogP contribution in [-0.4, -0.2) is 199 Å². The number of anilines is 2. The average Bonchev–Trinajstić information content (AvgIpc) is 4.42. The molecule has 416 valence electrons. The molecule has 0 bridgehead atoms. The number of piperazine rings is 2. The summed E-state index contributed by atoms with van der Waals surface area (Å²) in [6.07, 6.45) is 9.64. The van der Waals surface area contributed by atoms with Gasteiger partial charge in [0, 0.05) is 173 Å². The number of sulfonamides is 2. The maximum absolute atomic E-state index is 11.9. The zero-order chi connectivity index (χ0) is 54.0. The Hall–Kier alpha value is -3.86. The third-order valence-corrected chi connectivity index (χ3v) is 19.4. The smallest absolute Gasteiger partial charge is 0.211 e. The summed E-state index contributed by atoms with van der Waals surface area (Å²) < 4.78 is 69.9. The lowest BCUT2D eigenvalue weighted by Crippen LogP contribution is -2.47. The Morgan fingerprint density at radius 1 is 0.615 bits per heavy atom. The van der Waals surface area contributed by atoms with E-state index >= 15 is 0 Å². The van der Waals surface area contributed by atoms with E-state index in [9.17, 15) is 16.8 Å². The molecule has 78 heavy (non-hydrogen) atoms. The molecular formula is C51H62I2N14O7S4. The van der Waals surface area contributed by atoms with Gasteiger partial charge in [0.05, 0.1) is 66.9 Å². The second-order valence-corrected chi connectivity index (χ2v) is 26.2. The number of hydrogen-bond acceptors (Lipinski definition) is 19. The molecule has 11 heterocycles. The Morgan fingerprint density at radius 2 is 1.13 bits per heavy atom. The Kier molecular flexibility index (Phi) is 17.7. The van der Waals surface area contributed by atoms with Crippen molar-refractivity contribution in [1.82, 2.24) is 58.3 Å². The van der Waals surface area contributed by atoms with Crippen LogP contribution < -0.4 is 9.80 Å². The van der Waals surface area contributed by atoms with Crippen molar-refractivity contribution in [3.8, 4) is 22.8 Å². The minimum atomic E-state index is -3.15. The van der Waals surface area contributed by atoms with Crippen LogP contribution in [0.15, 0.2) is 60.9 Å². The van der Waals surface area contributed by atoms with Crippen LogP contribution in [0.3, 0.4) is 0 Å². The molecule has 6 aromatic heterocycles. The Bertz CT molecular complexity index is 3600. The van der Waals surface area contributed by atoms with Crippen LogP contribution in [-0.2, 0) is 47.3 Å². The van der Waals surface area contributed by atoms with Crippen molar-refractivity contribution in [1.29, 1.82) is 0 Å². The lowest BCUT2D eigenvalue weighted by atomic mass is 10.1. The molecule has 0 saturated carbocycles. The molecule has 1 atom stereocenters. The summed E-state index contributed by atoms with van der Waals surface area (Å²) in [5, 5.41) is 16.2. The standard InChI is InChI=1S/C28H35N7O4S2.C23H27N7O3S2.I2/c1-41(36,37)34-10-8-32(9-11-34)18-20-17-22-27(33-12-15-38-16-13-33)29-26(30-28(22)40-20)21-5-4-6-24-23(21)19-35(31-24)25-7-2-3-14-39-25;1-35(31,32)30-7-5-28(6-8-30)15-16-13-18-22(29-9-11-33-12-10-29)25-21(26-23(18)34-16)17-3-2-4-20-19(17)14-24-27-20;1-2/h4-6,17,19,25H,2-3,7-16,18H2,1H3;2-4,13-14H,5-12,15H2,1H3,(H,24,27);. The molecule has 27 heteroatoms. The molecule has 13 rings (SSSR count). The topological polar surface area (TPSA) is 213 Å². The van der Waals surface area contributed by atoms with Crippen LogP contribution >= 0.6 is 59.9 Å². The van der Waals surface area contributed by atoms with Crippen LogP contribution in [0.1, 0.15) is 35.2 Å². The number of aromatic amines is 1. The molecule has 0 amide bonds. The number of rotatable bonds is 11. The fourth-order valence-electron chi connectivity index (χ4n) is 10.7. The first-order valence-corrected chi connectivity index (χ1v) is 37.8. The zero-order valence-corrected chi connectivity index (χ0v) is 51.0. The van der Waals surface area contributed by atoms with Gasteiger partial charge in [0.2, 0.25) is 20.0 Å². The molecule has 1 N–H and O–H groups in total. The van der Waals surface area contributed by atoms with E-state index in [2.05, 4.69) is 91.4 Å². The lowest BCUT2D eigenvalue weighted by molar-refractivity contribution is -0.0390. The maximum atomic E-state index is 11.9. The number of halogens is 2. The summed E-state index contributed by atoms with van der Waals surface area (Å²) in [6, 6.07) is 16.6. The number of thiophene rings is 2. The van der Waals surface area contributed by atoms with Gasteiger partial charge in [0.25, 0.3) is 0 Å². The van der Waals surface area contributed by atoms with Gasteiger partial charge < -0.3 is 24.0 Å². The highest BCUT2D eigenvalue weighted by Crippen LogP contribution is 2.38. The van der Waals surface area contributed by atoms with E-state index in [0.29, 0.717) is 77.3 Å². The van der Waals surface area contributed by atoms with E-state index in [0.717, 1.165) is 143 Å². The fraction of sp³-hybridized carbons (Fsp3) is 0.490. The number of nitrogens with zero attached hydrogens (tertiary/aromatic N) is 13. The number of fused-ring (bicyclic) bond motifs is 4. The van der Waals surface area contributed by atoms with Crippen LogP contribution in [0.4, 0.5) is 11.6 Å². The van der Waals surface area contributed by atoms with E-state index < -0.39 is 20.0 Å². The molecule has 1 unspecified atom stereocenters. The maximum Gasteiger partial charge on any atom is 0.211 e. The molecule has 0 spiro atoms. The number of morpholine rings is 2. The minimum absolute atomic E-state index is 0.0320. The first kappa shape index (κ1) is 56.0. The summed E-state index contributed by atoms with van der Waals surface area (Å²) in [5.74, 6) is 3.28. The Labute approximate surface area is 485 Å². The number of aromatic nitrogens is 8. The van der Waals surface area contributed by atoms with Crippen molar-refractivity contribution in [2.75, 3.05) is 134 Å². The predicted octanol–water partition coefficient (Wildman–Crippen LogP) is 7.24. The molecule has 2 aromatic carbocycles. The summed E-state index contributed by atoms with van der Waals surface area (Å²) >= 11 is 7.62. The number of H-pyrrole nitrogens is 1. The third kappa shape index (κ3) is 12.6. The molecule has 0 aliphatic carbocycles. The van der Waals surface area contributed by atoms with Crippen LogP contribution in [0.2, 0.25) is 0 Å². The van der Waals surface area contributed by atoms with E-state index in [1.807, 2.05) is 41.2 Å². The number of nitrogens with one attached hydrogen (secondary N) is 1. The van der Waals surface area contributed by atoms with Gasteiger partial charge in [-0.3, -0.25) is 14.9 Å². The molecule has 8 aromatic rings. The lowest BCUT2D eigenvalue weighted by Gasteiger charge is -2.32. The van der Waals surface area contributed by atoms with Gasteiger partial charge in [-0.25, -0.2) is 41.5 Å². The second kappa shape index (κ2) is 24.7. The average molecular weight is 1370 g/mol. The van der Waals surface area contributed by atoms with Crippen LogP contribution in [0.5, 0.6) is 0 Å². The van der Waals surface area contributed by atoms with Gasteiger partial charge in [0.1, 0.15) is 27.5 Å². The monoisotopic (exact) mass is 1360 g/mol. The van der Waals surface area contributed by atoms with Crippen molar-refractivity contribution in [3.63, 3.8) is 0 Å². The van der Waals surface area contributed by atoms with E-state index in [1.54, 1.807) is 31.3 Å². The second-order valence-electron chi connectivity index (χ2n) is 20.0. The van der Waals surface area contributed by atoms with Crippen molar-refractivity contribution < 1.29 is 31.0 Å². The largest absolute Gasteiger partial charge is 0.378 e. The van der Waals surface area contributed by atoms with Gasteiger partial charge in [0.15, 0.2) is 11.6 Å². The summed E-state index contributed by atoms with van der Waals surface area (Å²) in [5.41, 5.74) is 3.79. The first-order valence-electron chi connectivity index (χ1n) is 26.2. The van der Waals surface area contributed by atoms with Crippen LogP contribution in [0, 0.1) is 0 Å². The first-order chi connectivity index (χ1) is 37.9. The molecule has 5 aliphatic heterocycles. The van der Waals surface area contributed by atoms with Gasteiger partial charge in [-0.05, 0) is 43.5 Å². The van der Waals surface area contributed by atoms with Crippen molar-refractivity contribution in [3.05, 3.63) is 70.7 Å². The summed E-state index contributed by atoms with van der Waals surface area (Å²) in [4.78, 5) is 33.9. The SMILES string of the molecule is CS(=O)(=O)N1CCN(Cc2cc3c(N4CCOCC4)nc(-c4cccc5[nH]ncc45)nc3s2)CC1.CS(=O)(=O)N1CCN(Cc2cc3c(N4CCOCC4)nc(-c4cccc5nn(C6CCCCO6)cc45)nc3s2)CC1.II. The van der Waals surface area contributed by atoms with E-state index in [4.69, 9.17) is 39.2 Å². The normalized spacial score (nSPS) is 19.8. The number of benzene rings is 2. The summed E-state index contributed by atoms with van der Waals surface area (Å²) in [7, 11) is -6.29. The molecule has 21 nitrogen and oxygen atoms in total. The molecule has 5 fully saturated rings. The third-order valence-electron chi connectivity index (χ3n) is 14.8. The van der Waals surface area contributed by atoms with Gasteiger partial charge in [-0.15, -0.1) is 22.7 Å². The van der Waals surface area contributed by atoms with Crippen LogP contribution in [0.25, 0.3) is 65.0 Å². The predicted molar refractivity (Wildman–Crippen MR) is 325 cm³/mol. The number of hydrogen-bond donors (Lipinski definition) is 1. The molecular weight excluding hydrogens is 1300 g/mol. The number of ether oxygens (including phenoxy) is 3. The van der Waals surface area contributed by atoms with Gasteiger partial charge >= 0.3 is 0 Å². The van der Waals surface area contributed by atoms with Crippen molar-refractivity contribution >= 4 is 134 Å². The Morgan fingerprint density at radius 3 is 1.63 bits per heavy atom. The molecule has 5 saturated heterocycles. The van der Waals surface area contributed by atoms with E-state index in [-0.39, 0.29) is 6.23 Å². The molecule has 5 aliphatic rings.